The predicted molar refractivity (Wildman–Crippen MR) is 61.3 cm³/mol. The van der Waals surface area contributed by atoms with E-state index >= 15 is 0 Å². The number of nitrogens with one attached hydrogen (secondary N) is 1. The summed E-state index contributed by atoms with van der Waals surface area (Å²) in [5.74, 6) is -1.33. The molecule has 6 heteroatoms. The lowest BCUT2D eigenvalue weighted by molar-refractivity contribution is -0.149. The fourth-order valence-electron chi connectivity index (χ4n) is 1.78. The zero-order chi connectivity index (χ0) is 13.1. The van der Waals surface area contributed by atoms with E-state index in [2.05, 4.69) is 5.32 Å². The molecular weight excluding hydrogens is 224 g/mol. The summed E-state index contributed by atoms with van der Waals surface area (Å²) in [4.78, 5) is 22.9. The number of amides is 1. The largest absolute Gasteiger partial charge is 0.481 e. The zero-order valence-corrected chi connectivity index (χ0v) is 10.2. The Kier molecular flexibility index (Phi) is 4.47. The summed E-state index contributed by atoms with van der Waals surface area (Å²) in [5, 5.41) is 11.9. The van der Waals surface area contributed by atoms with Crippen molar-refractivity contribution in [3.8, 4) is 0 Å². The third-order valence-electron chi connectivity index (χ3n) is 3.31. The van der Waals surface area contributed by atoms with Gasteiger partial charge in [0.1, 0.15) is 5.41 Å². The van der Waals surface area contributed by atoms with E-state index in [1.54, 1.807) is 13.8 Å². The Morgan fingerprint density at radius 2 is 2.29 bits per heavy atom. The van der Waals surface area contributed by atoms with Crippen LogP contribution in [0.3, 0.4) is 0 Å². The normalized spacial score (nSPS) is 29.9. The average molecular weight is 244 g/mol. The number of carboxylic acids is 1. The Bertz CT molecular complexity index is 308. The molecule has 0 aromatic carbocycles. The van der Waals surface area contributed by atoms with Crippen molar-refractivity contribution in [3.05, 3.63) is 0 Å². The van der Waals surface area contributed by atoms with E-state index in [0.29, 0.717) is 13.0 Å². The molecule has 0 aliphatic carbocycles. The molecule has 0 aromatic rings. The number of carboxylic acid groups (broad SMARTS) is 1. The summed E-state index contributed by atoms with van der Waals surface area (Å²) in [6.45, 7) is 4.16. The van der Waals surface area contributed by atoms with Crippen molar-refractivity contribution in [1.29, 1.82) is 0 Å². The minimum absolute atomic E-state index is 0.124. The van der Waals surface area contributed by atoms with E-state index in [4.69, 9.17) is 15.6 Å². The highest BCUT2D eigenvalue weighted by Gasteiger charge is 2.47. The van der Waals surface area contributed by atoms with Gasteiger partial charge in [-0.15, -0.1) is 0 Å². The van der Waals surface area contributed by atoms with Crippen LogP contribution in [0.25, 0.3) is 0 Å². The minimum Gasteiger partial charge on any atom is -0.481 e. The molecule has 3 atom stereocenters. The van der Waals surface area contributed by atoms with Crippen molar-refractivity contribution < 1.29 is 19.4 Å². The Balaban J connectivity index is 2.62. The van der Waals surface area contributed by atoms with E-state index in [0.717, 1.165) is 0 Å². The van der Waals surface area contributed by atoms with Gasteiger partial charge in [-0.1, -0.05) is 6.92 Å². The second-order valence-corrected chi connectivity index (χ2v) is 4.78. The summed E-state index contributed by atoms with van der Waals surface area (Å²) >= 11 is 0. The van der Waals surface area contributed by atoms with Crippen molar-refractivity contribution >= 4 is 11.9 Å². The number of ether oxygens (including phenoxy) is 1. The van der Waals surface area contributed by atoms with Crippen molar-refractivity contribution in [3.63, 3.8) is 0 Å². The number of hydrogen-bond donors (Lipinski definition) is 3. The van der Waals surface area contributed by atoms with Crippen LogP contribution < -0.4 is 11.1 Å². The molecule has 0 radical (unpaired) electrons. The fourth-order valence-corrected chi connectivity index (χ4v) is 1.78. The minimum atomic E-state index is -1.04. The van der Waals surface area contributed by atoms with Gasteiger partial charge in [-0.3, -0.25) is 9.59 Å². The molecule has 1 fully saturated rings. The van der Waals surface area contributed by atoms with Crippen molar-refractivity contribution in [2.24, 2.45) is 17.1 Å². The van der Waals surface area contributed by atoms with Crippen LogP contribution in [0.2, 0.25) is 0 Å². The number of nitrogens with two attached hydrogens (primary N) is 1. The molecule has 1 aliphatic rings. The second kappa shape index (κ2) is 5.46. The number of aliphatic carboxylic acids is 1. The molecule has 0 aromatic heterocycles. The highest BCUT2D eigenvalue weighted by atomic mass is 16.5. The molecule has 1 aliphatic heterocycles. The van der Waals surface area contributed by atoms with E-state index in [1.165, 1.54) is 0 Å². The molecule has 3 unspecified atom stereocenters. The molecule has 98 valence electrons. The lowest BCUT2D eigenvalue weighted by Crippen LogP contribution is -2.51. The summed E-state index contributed by atoms with van der Waals surface area (Å²) in [6, 6.07) is -0.479. The fraction of sp³-hybridized carbons (Fsp3) is 0.818. The second-order valence-electron chi connectivity index (χ2n) is 4.78. The molecule has 1 heterocycles. The van der Waals surface area contributed by atoms with Crippen LogP contribution >= 0.6 is 0 Å². The third kappa shape index (κ3) is 2.95. The summed E-state index contributed by atoms with van der Waals surface area (Å²) < 4.78 is 5.15. The molecular formula is C11H20N2O4. The number of hydrogen-bond acceptors (Lipinski definition) is 4. The lowest BCUT2D eigenvalue weighted by Gasteiger charge is -2.26. The first-order valence-corrected chi connectivity index (χ1v) is 5.73. The Labute approximate surface area is 101 Å². The van der Waals surface area contributed by atoms with Crippen LogP contribution in [0.5, 0.6) is 0 Å². The zero-order valence-electron chi connectivity index (χ0n) is 10.2. The first-order chi connectivity index (χ1) is 7.91. The van der Waals surface area contributed by atoms with Gasteiger partial charge in [0.05, 0.1) is 19.3 Å². The molecule has 6 nitrogen and oxygen atoms in total. The standard InChI is InChI=1S/C11H20N2O4/c1-7(3-4-12)9(14)13-8-5-17-6-11(8,2)10(15)16/h7-8H,3-6,12H2,1-2H3,(H,13,14)(H,15,16). The van der Waals surface area contributed by atoms with Gasteiger partial charge >= 0.3 is 5.97 Å². The van der Waals surface area contributed by atoms with Crippen LogP contribution in [0.15, 0.2) is 0 Å². The maximum Gasteiger partial charge on any atom is 0.313 e. The van der Waals surface area contributed by atoms with Gasteiger partial charge in [-0.05, 0) is 19.9 Å². The molecule has 1 amide bonds. The number of carbonyl (C=O) groups excluding carboxylic acids is 1. The molecule has 0 saturated carbocycles. The Hall–Kier alpha value is -1.14. The molecule has 1 rings (SSSR count). The molecule has 4 N–H and O–H groups in total. The van der Waals surface area contributed by atoms with Gasteiger partial charge in [0.2, 0.25) is 5.91 Å². The Morgan fingerprint density at radius 3 is 2.82 bits per heavy atom. The average Bonchev–Trinajstić information content (AvgIpc) is 2.62. The van der Waals surface area contributed by atoms with Crippen molar-refractivity contribution in [2.45, 2.75) is 26.3 Å². The predicted octanol–water partition coefficient (Wildman–Crippen LogP) is -0.423. The van der Waals surface area contributed by atoms with Gasteiger partial charge in [-0.2, -0.15) is 0 Å². The number of carbonyl (C=O) groups is 2. The summed E-state index contributed by atoms with van der Waals surface area (Å²) in [6.07, 6.45) is 0.587. The van der Waals surface area contributed by atoms with Crippen LogP contribution in [0.1, 0.15) is 20.3 Å². The van der Waals surface area contributed by atoms with E-state index < -0.39 is 17.4 Å². The van der Waals surface area contributed by atoms with Gasteiger partial charge in [0.25, 0.3) is 0 Å². The lowest BCUT2D eigenvalue weighted by atomic mass is 9.85. The van der Waals surface area contributed by atoms with Gasteiger partial charge in [0, 0.05) is 5.92 Å². The molecule has 1 saturated heterocycles. The van der Waals surface area contributed by atoms with Crippen LogP contribution in [0.4, 0.5) is 0 Å². The van der Waals surface area contributed by atoms with Gasteiger partial charge in [0.15, 0.2) is 0 Å². The van der Waals surface area contributed by atoms with E-state index in [1.807, 2.05) is 0 Å². The van der Waals surface area contributed by atoms with Crippen LogP contribution in [0, 0.1) is 11.3 Å². The van der Waals surface area contributed by atoms with Crippen LogP contribution in [-0.4, -0.2) is 42.8 Å². The highest BCUT2D eigenvalue weighted by Crippen LogP contribution is 2.28. The van der Waals surface area contributed by atoms with Crippen molar-refractivity contribution in [1.82, 2.24) is 5.32 Å². The monoisotopic (exact) mass is 244 g/mol. The molecule has 0 bridgehead atoms. The molecule has 17 heavy (non-hydrogen) atoms. The number of rotatable bonds is 5. The summed E-state index contributed by atoms with van der Waals surface area (Å²) in [7, 11) is 0. The summed E-state index contributed by atoms with van der Waals surface area (Å²) in [5.41, 5.74) is 4.33. The highest BCUT2D eigenvalue weighted by molar-refractivity contribution is 5.81. The Morgan fingerprint density at radius 1 is 1.65 bits per heavy atom. The first-order valence-electron chi connectivity index (χ1n) is 5.73. The van der Waals surface area contributed by atoms with E-state index in [9.17, 15) is 9.59 Å². The van der Waals surface area contributed by atoms with E-state index in [-0.39, 0.29) is 25.0 Å². The molecule has 0 spiro atoms. The third-order valence-corrected chi connectivity index (χ3v) is 3.31. The SMILES string of the molecule is CC(CCN)C(=O)NC1COCC1(C)C(=O)O. The topological polar surface area (TPSA) is 102 Å². The maximum absolute atomic E-state index is 11.8. The van der Waals surface area contributed by atoms with Crippen LogP contribution in [-0.2, 0) is 14.3 Å². The smallest absolute Gasteiger partial charge is 0.313 e. The van der Waals surface area contributed by atoms with Gasteiger partial charge < -0.3 is 20.9 Å². The van der Waals surface area contributed by atoms with Gasteiger partial charge in [-0.25, -0.2) is 0 Å². The quantitative estimate of drug-likeness (QED) is 0.609. The first kappa shape index (κ1) is 13.9. The maximum atomic E-state index is 11.8. The van der Waals surface area contributed by atoms with Crippen molar-refractivity contribution in [2.75, 3.05) is 19.8 Å².